The number of hydrogen-bond donors (Lipinski definition) is 0. The van der Waals surface area contributed by atoms with Crippen molar-refractivity contribution in [3.63, 3.8) is 0 Å². The fraction of sp³-hybridized carbons (Fsp3) is 0.353. The molecule has 0 N–H and O–H groups in total. The molecule has 3 heterocycles. The summed E-state index contributed by atoms with van der Waals surface area (Å²) in [6.45, 7) is 2.22. The van der Waals surface area contributed by atoms with E-state index in [-0.39, 0.29) is 12.1 Å². The minimum atomic E-state index is 0.0481. The normalized spacial score (nSPS) is 25.8. The zero-order chi connectivity index (χ0) is 14.1. The van der Waals surface area contributed by atoms with Crippen molar-refractivity contribution in [2.45, 2.75) is 25.0 Å². The third kappa shape index (κ3) is 2.39. The molecule has 0 radical (unpaired) electrons. The van der Waals surface area contributed by atoms with E-state index in [1.165, 1.54) is 23.3 Å². The van der Waals surface area contributed by atoms with Crippen LogP contribution in [0.1, 0.15) is 29.2 Å². The Balaban J connectivity index is 1.71. The molecule has 0 amide bonds. The Morgan fingerprint density at radius 3 is 2.57 bits per heavy atom. The molecule has 108 valence electrons. The van der Waals surface area contributed by atoms with Gasteiger partial charge in [0.05, 0.1) is 10.8 Å². The third-order valence-corrected chi connectivity index (χ3v) is 5.16. The van der Waals surface area contributed by atoms with Crippen molar-refractivity contribution in [2.75, 3.05) is 13.1 Å². The highest BCUT2D eigenvalue weighted by atomic mass is 32.1. The van der Waals surface area contributed by atoms with E-state index < -0.39 is 0 Å². The Kier molecular flexibility index (Phi) is 3.49. The highest BCUT2D eigenvalue weighted by Gasteiger charge is 2.41. The molecule has 2 aromatic rings. The topological polar surface area (TPSA) is 24.8 Å². The van der Waals surface area contributed by atoms with Crippen LogP contribution >= 0.6 is 11.3 Å². The largest absolute Gasteiger partial charge is 0.375 e. The van der Waals surface area contributed by atoms with E-state index in [4.69, 9.17) is 4.84 Å². The molecule has 0 saturated carbocycles. The quantitative estimate of drug-likeness (QED) is 0.863. The van der Waals surface area contributed by atoms with Gasteiger partial charge in [-0.2, -0.15) is 0 Å². The maximum absolute atomic E-state index is 5.86. The summed E-state index contributed by atoms with van der Waals surface area (Å²) >= 11 is 1.73. The van der Waals surface area contributed by atoms with Gasteiger partial charge >= 0.3 is 0 Å². The molecule has 3 nitrogen and oxygen atoms in total. The Hall–Kier alpha value is -1.65. The fourth-order valence-electron chi connectivity index (χ4n) is 3.24. The number of oxime groups is 1. The van der Waals surface area contributed by atoms with E-state index in [9.17, 15) is 0 Å². The monoisotopic (exact) mass is 298 g/mol. The van der Waals surface area contributed by atoms with Gasteiger partial charge in [0.25, 0.3) is 0 Å². The van der Waals surface area contributed by atoms with Gasteiger partial charge < -0.3 is 4.84 Å². The van der Waals surface area contributed by atoms with Gasteiger partial charge in [-0.05, 0) is 29.9 Å². The van der Waals surface area contributed by atoms with Crippen molar-refractivity contribution in [2.24, 2.45) is 5.16 Å². The Bertz CT molecular complexity index is 618. The van der Waals surface area contributed by atoms with Crippen LogP contribution < -0.4 is 0 Å². The zero-order valence-electron chi connectivity index (χ0n) is 11.8. The van der Waals surface area contributed by atoms with Crippen LogP contribution in [0.15, 0.2) is 53.0 Å². The standard InChI is InChI=1S/C17H18N2OS/c1-2-7-13(8-3-1)15-16(14-9-6-12-21-14)18-20-17(15)19-10-4-5-11-19/h1-3,6-9,12,15,17H,4-5,10-11H2/t15-,17-/m0/s1. The van der Waals surface area contributed by atoms with Gasteiger partial charge in [0, 0.05) is 13.1 Å². The van der Waals surface area contributed by atoms with Gasteiger partial charge in [-0.25, -0.2) is 0 Å². The first kappa shape index (κ1) is 13.0. The second-order valence-corrected chi connectivity index (χ2v) is 6.53. The Morgan fingerprint density at radius 2 is 1.86 bits per heavy atom. The molecule has 1 aromatic heterocycles. The van der Waals surface area contributed by atoms with Crippen molar-refractivity contribution >= 4 is 17.0 Å². The number of nitrogens with zero attached hydrogens (tertiary/aromatic N) is 2. The lowest BCUT2D eigenvalue weighted by atomic mass is 9.91. The van der Waals surface area contributed by atoms with Crippen LogP contribution in [0.3, 0.4) is 0 Å². The van der Waals surface area contributed by atoms with E-state index in [0.717, 1.165) is 18.8 Å². The van der Waals surface area contributed by atoms with Crippen LogP contribution in [0.25, 0.3) is 0 Å². The molecule has 0 bridgehead atoms. The molecule has 4 heteroatoms. The van der Waals surface area contributed by atoms with Crippen molar-refractivity contribution < 1.29 is 4.84 Å². The first-order chi connectivity index (χ1) is 10.4. The predicted octanol–water partition coefficient (Wildman–Crippen LogP) is 3.69. The average Bonchev–Trinajstić information content (AvgIpc) is 3.27. The molecule has 2 atom stereocenters. The molecule has 21 heavy (non-hydrogen) atoms. The molecule has 2 aliphatic rings. The molecule has 0 spiro atoms. The van der Waals surface area contributed by atoms with Gasteiger partial charge in [-0.15, -0.1) is 11.3 Å². The molecule has 1 fully saturated rings. The van der Waals surface area contributed by atoms with Gasteiger partial charge in [0.1, 0.15) is 5.71 Å². The molecule has 1 aromatic carbocycles. The zero-order valence-corrected chi connectivity index (χ0v) is 12.6. The minimum absolute atomic E-state index is 0.0481. The number of rotatable bonds is 3. The van der Waals surface area contributed by atoms with Crippen LogP contribution in [0.5, 0.6) is 0 Å². The summed E-state index contributed by atoms with van der Waals surface area (Å²) in [6.07, 6.45) is 2.57. The molecule has 0 unspecified atom stereocenters. The lowest BCUT2D eigenvalue weighted by molar-refractivity contribution is -0.0340. The summed E-state index contributed by atoms with van der Waals surface area (Å²) in [7, 11) is 0. The van der Waals surface area contributed by atoms with Crippen LogP contribution in [-0.2, 0) is 4.84 Å². The second kappa shape index (κ2) is 5.62. The van der Waals surface area contributed by atoms with E-state index in [1.807, 2.05) is 0 Å². The Morgan fingerprint density at radius 1 is 1.05 bits per heavy atom. The third-order valence-electron chi connectivity index (χ3n) is 4.27. The van der Waals surface area contributed by atoms with Crippen LogP contribution in [0.2, 0.25) is 0 Å². The Labute approximate surface area is 128 Å². The molecule has 4 rings (SSSR count). The van der Waals surface area contributed by atoms with E-state index in [0.29, 0.717) is 0 Å². The first-order valence-electron chi connectivity index (χ1n) is 7.50. The smallest absolute Gasteiger partial charge is 0.193 e. The number of hydrogen-bond acceptors (Lipinski definition) is 4. The van der Waals surface area contributed by atoms with E-state index in [2.05, 4.69) is 57.9 Å². The molecule has 2 aliphatic heterocycles. The summed E-state index contributed by atoms with van der Waals surface area (Å²) in [5, 5.41) is 6.55. The first-order valence-corrected chi connectivity index (χ1v) is 8.38. The maximum atomic E-state index is 5.86. The number of benzene rings is 1. The highest BCUT2D eigenvalue weighted by Crippen LogP contribution is 2.36. The van der Waals surface area contributed by atoms with Gasteiger partial charge in [-0.1, -0.05) is 41.6 Å². The molecule has 0 aliphatic carbocycles. The van der Waals surface area contributed by atoms with Crippen molar-refractivity contribution in [1.82, 2.24) is 4.90 Å². The highest BCUT2D eigenvalue weighted by molar-refractivity contribution is 7.12. The lowest BCUT2D eigenvalue weighted by Crippen LogP contribution is -2.38. The summed E-state index contributed by atoms with van der Waals surface area (Å²) in [5.41, 5.74) is 2.37. The summed E-state index contributed by atoms with van der Waals surface area (Å²) < 4.78 is 0. The van der Waals surface area contributed by atoms with E-state index >= 15 is 0 Å². The summed E-state index contributed by atoms with van der Waals surface area (Å²) in [4.78, 5) is 9.51. The van der Waals surface area contributed by atoms with Gasteiger partial charge in [0.15, 0.2) is 6.23 Å². The van der Waals surface area contributed by atoms with Crippen molar-refractivity contribution in [3.8, 4) is 0 Å². The SMILES string of the molecule is c1ccc([C@H]2C(c3cccs3)=NO[C@@H]2N2CCCC2)cc1. The van der Waals surface area contributed by atoms with E-state index in [1.54, 1.807) is 11.3 Å². The molecular weight excluding hydrogens is 280 g/mol. The van der Waals surface area contributed by atoms with Crippen molar-refractivity contribution in [3.05, 3.63) is 58.3 Å². The predicted molar refractivity (Wildman–Crippen MR) is 85.7 cm³/mol. The van der Waals surface area contributed by atoms with Crippen LogP contribution in [0, 0.1) is 0 Å². The second-order valence-electron chi connectivity index (χ2n) is 5.58. The molecule has 1 saturated heterocycles. The minimum Gasteiger partial charge on any atom is -0.375 e. The number of likely N-dealkylation sites (tertiary alicyclic amines) is 1. The lowest BCUT2D eigenvalue weighted by Gasteiger charge is -2.27. The summed E-state index contributed by atoms with van der Waals surface area (Å²) in [5.74, 6) is 0.211. The average molecular weight is 298 g/mol. The van der Waals surface area contributed by atoms with Gasteiger partial charge in [0.2, 0.25) is 0 Å². The van der Waals surface area contributed by atoms with Crippen LogP contribution in [0.4, 0.5) is 0 Å². The molecular formula is C17H18N2OS. The summed E-state index contributed by atoms with van der Waals surface area (Å²) in [6, 6.07) is 14.8. The van der Waals surface area contributed by atoms with Gasteiger partial charge in [-0.3, -0.25) is 4.90 Å². The maximum Gasteiger partial charge on any atom is 0.193 e. The van der Waals surface area contributed by atoms with Crippen molar-refractivity contribution in [1.29, 1.82) is 0 Å². The van der Waals surface area contributed by atoms with Crippen LogP contribution in [-0.4, -0.2) is 29.9 Å². The number of thiophene rings is 1. The fourth-order valence-corrected chi connectivity index (χ4v) is 3.99.